The summed E-state index contributed by atoms with van der Waals surface area (Å²) in [6.07, 6.45) is 0. The summed E-state index contributed by atoms with van der Waals surface area (Å²) in [4.78, 5) is 24.0. The predicted octanol–water partition coefficient (Wildman–Crippen LogP) is 3.17. The molecule has 0 aliphatic heterocycles. The molecule has 0 fully saturated rings. The number of ether oxygens (including phenoxy) is 3. The van der Waals surface area contributed by atoms with Gasteiger partial charge in [0.15, 0.2) is 6.61 Å². The van der Waals surface area contributed by atoms with Crippen LogP contribution in [0.1, 0.15) is 15.9 Å². The Morgan fingerprint density at radius 2 is 1.81 bits per heavy atom. The average molecular weight is 380 g/mol. The van der Waals surface area contributed by atoms with Crippen molar-refractivity contribution in [2.24, 2.45) is 0 Å². The van der Waals surface area contributed by atoms with Crippen molar-refractivity contribution in [2.45, 2.75) is 6.92 Å². The lowest BCUT2D eigenvalue weighted by Crippen LogP contribution is -2.21. The Hall–Kier alpha value is -2.93. The van der Waals surface area contributed by atoms with Gasteiger partial charge in [0.25, 0.3) is 5.91 Å². The van der Waals surface area contributed by atoms with Crippen molar-refractivity contribution in [1.29, 1.82) is 0 Å². The number of carbonyl (C=O) groups excluding carboxylic acids is 2. The van der Waals surface area contributed by atoms with Gasteiger partial charge in [-0.15, -0.1) is 0 Å². The molecule has 0 atom stereocenters. The maximum absolute atomic E-state index is 12.1. The molecule has 0 aromatic heterocycles. The van der Waals surface area contributed by atoms with Crippen molar-refractivity contribution in [2.75, 3.05) is 26.1 Å². The third-order valence-corrected chi connectivity index (χ3v) is 3.82. The van der Waals surface area contributed by atoms with Gasteiger partial charge in [0, 0.05) is 12.1 Å². The predicted molar refractivity (Wildman–Crippen MR) is 96.3 cm³/mol. The summed E-state index contributed by atoms with van der Waals surface area (Å²) in [5.74, 6) is -0.635. The van der Waals surface area contributed by atoms with E-state index in [4.69, 9.17) is 25.8 Å². The number of phenolic OH excluding ortho intramolecular Hbond substituents is 1. The normalized spacial score (nSPS) is 10.2. The molecule has 138 valence electrons. The maximum atomic E-state index is 12.1. The van der Waals surface area contributed by atoms with E-state index in [-0.39, 0.29) is 11.3 Å². The first kappa shape index (κ1) is 19.4. The molecule has 0 unspecified atom stereocenters. The number of aromatic hydroxyl groups is 1. The molecule has 26 heavy (non-hydrogen) atoms. The van der Waals surface area contributed by atoms with Gasteiger partial charge in [-0.05, 0) is 24.6 Å². The number of methoxy groups -OCH3 is 2. The molecule has 0 saturated carbocycles. The Morgan fingerprint density at radius 1 is 1.12 bits per heavy atom. The monoisotopic (exact) mass is 379 g/mol. The van der Waals surface area contributed by atoms with Gasteiger partial charge in [0.05, 0.1) is 30.5 Å². The average Bonchev–Trinajstić information content (AvgIpc) is 2.62. The Bertz CT molecular complexity index is 837. The number of benzene rings is 2. The van der Waals surface area contributed by atoms with E-state index in [0.29, 0.717) is 27.8 Å². The zero-order chi connectivity index (χ0) is 19.3. The maximum Gasteiger partial charge on any atom is 0.338 e. The van der Waals surface area contributed by atoms with Crippen LogP contribution in [0, 0.1) is 6.92 Å². The number of anilines is 1. The van der Waals surface area contributed by atoms with E-state index in [9.17, 15) is 14.7 Å². The van der Waals surface area contributed by atoms with Crippen LogP contribution in [0.15, 0.2) is 30.3 Å². The van der Waals surface area contributed by atoms with Crippen molar-refractivity contribution < 1.29 is 28.9 Å². The summed E-state index contributed by atoms with van der Waals surface area (Å²) in [5.41, 5.74) is 1.09. The molecule has 2 rings (SSSR count). The number of esters is 1. The van der Waals surface area contributed by atoms with Crippen LogP contribution in [-0.4, -0.2) is 37.8 Å². The highest BCUT2D eigenvalue weighted by molar-refractivity contribution is 6.32. The Morgan fingerprint density at radius 3 is 2.42 bits per heavy atom. The van der Waals surface area contributed by atoms with Crippen LogP contribution >= 0.6 is 11.6 Å². The highest BCUT2D eigenvalue weighted by atomic mass is 35.5. The molecule has 0 saturated heterocycles. The van der Waals surface area contributed by atoms with Gasteiger partial charge in [-0.2, -0.15) is 0 Å². The van der Waals surface area contributed by atoms with Crippen molar-refractivity contribution in [3.05, 3.63) is 46.5 Å². The number of hydrogen-bond donors (Lipinski definition) is 2. The van der Waals surface area contributed by atoms with E-state index in [1.54, 1.807) is 13.0 Å². The zero-order valence-electron chi connectivity index (χ0n) is 14.5. The molecule has 0 bridgehead atoms. The molecule has 0 aliphatic rings. The minimum absolute atomic E-state index is 0.0260. The lowest BCUT2D eigenvalue weighted by atomic mass is 10.1. The summed E-state index contributed by atoms with van der Waals surface area (Å²) in [6.45, 7) is 1.19. The molecular formula is C18H18ClNO6. The van der Waals surface area contributed by atoms with Gasteiger partial charge in [-0.3, -0.25) is 4.79 Å². The van der Waals surface area contributed by atoms with Gasteiger partial charge in [-0.1, -0.05) is 17.7 Å². The molecule has 1 amide bonds. The Balaban J connectivity index is 2.02. The first-order valence-electron chi connectivity index (χ1n) is 7.53. The third kappa shape index (κ3) is 4.58. The second kappa shape index (κ2) is 8.44. The standard InChI is InChI=1S/C18H18ClNO6/c1-10-4-5-11(6-14(10)21)18(23)26-9-17(22)20-13-8-15(24-2)12(19)7-16(13)25-3/h4-8,21H,9H2,1-3H3,(H,20,22). The van der Waals surface area contributed by atoms with E-state index < -0.39 is 18.5 Å². The van der Waals surface area contributed by atoms with Gasteiger partial charge in [0.1, 0.15) is 17.2 Å². The second-order valence-electron chi connectivity index (χ2n) is 5.31. The smallest absolute Gasteiger partial charge is 0.338 e. The molecular weight excluding hydrogens is 362 g/mol. The van der Waals surface area contributed by atoms with Crippen molar-refractivity contribution in [3.63, 3.8) is 0 Å². The van der Waals surface area contributed by atoms with Crippen LogP contribution in [-0.2, 0) is 9.53 Å². The van der Waals surface area contributed by atoms with Crippen molar-refractivity contribution in [3.8, 4) is 17.2 Å². The first-order chi connectivity index (χ1) is 12.3. The van der Waals surface area contributed by atoms with E-state index in [1.807, 2.05) is 0 Å². The SMILES string of the molecule is COc1cc(NC(=O)COC(=O)c2ccc(C)c(O)c2)c(OC)cc1Cl. The third-order valence-electron chi connectivity index (χ3n) is 3.53. The van der Waals surface area contributed by atoms with Crippen LogP contribution < -0.4 is 14.8 Å². The van der Waals surface area contributed by atoms with E-state index in [2.05, 4.69) is 5.32 Å². The van der Waals surface area contributed by atoms with Gasteiger partial charge >= 0.3 is 5.97 Å². The minimum atomic E-state index is -0.726. The quantitative estimate of drug-likeness (QED) is 0.749. The van der Waals surface area contributed by atoms with E-state index >= 15 is 0 Å². The van der Waals surface area contributed by atoms with Gasteiger partial charge < -0.3 is 24.6 Å². The van der Waals surface area contributed by atoms with Crippen LogP contribution in [0.5, 0.6) is 17.2 Å². The van der Waals surface area contributed by atoms with Crippen LogP contribution in [0.2, 0.25) is 5.02 Å². The Kier molecular flexibility index (Phi) is 6.30. The summed E-state index contributed by atoms with van der Waals surface area (Å²) in [5, 5.41) is 12.5. The van der Waals surface area contributed by atoms with Gasteiger partial charge in [-0.25, -0.2) is 4.79 Å². The Labute approximate surface area is 155 Å². The molecule has 0 heterocycles. The number of rotatable bonds is 6. The van der Waals surface area contributed by atoms with Crippen LogP contribution in [0.25, 0.3) is 0 Å². The van der Waals surface area contributed by atoms with E-state index in [1.165, 1.54) is 38.5 Å². The number of carbonyl (C=O) groups is 2. The highest BCUT2D eigenvalue weighted by Crippen LogP contribution is 2.35. The second-order valence-corrected chi connectivity index (χ2v) is 5.72. The largest absolute Gasteiger partial charge is 0.508 e. The number of halogens is 1. The van der Waals surface area contributed by atoms with Gasteiger partial charge in [0.2, 0.25) is 0 Å². The summed E-state index contributed by atoms with van der Waals surface area (Å²) in [6, 6.07) is 7.36. The number of phenols is 1. The highest BCUT2D eigenvalue weighted by Gasteiger charge is 2.15. The fourth-order valence-corrected chi connectivity index (χ4v) is 2.33. The molecule has 2 N–H and O–H groups in total. The first-order valence-corrected chi connectivity index (χ1v) is 7.91. The molecule has 2 aromatic carbocycles. The van der Waals surface area contributed by atoms with Crippen molar-refractivity contribution >= 4 is 29.2 Å². The summed E-state index contributed by atoms with van der Waals surface area (Å²) >= 11 is 6.00. The molecule has 7 nitrogen and oxygen atoms in total. The lowest BCUT2D eigenvalue weighted by Gasteiger charge is -2.13. The number of nitrogens with one attached hydrogen (secondary N) is 1. The molecule has 0 aliphatic carbocycles. The lowest BCUT2D eigenvalue weighted by molar-refractivity contribution is -0.119. The van der Waals surface area contributed by atoms with Crippen molar-refractivity contribution in [1.82, 2.24) is 0 Å². The van der Waals surface area contributed by atoms with Crippen LogP contribution in [0.4, 0.5) is 5.69 Å². The number of amides is 1. The summed E-state index contributed by atoms with van der Waals surface area (Å²) < 4.78 is 15.2. The molecule has 2 aromatic rings. The van der Waals surface area contributed by atoms with E-state index in [0.717, 1.165) is 0 Å². The number of hydrogen-bond acceptors (Lipinski definition) is 6. The molecule has 0 spiro atoms. The zero-order valence-corrected chi connectivity index (χ0v) is 15.2. The fourth-order valence-electron chi connectivity index (χ4n) is 2.10. The minimum Gasteiger partial charge on any atom is -0.508 e. The fraction of sp³-hybridized carbons (Fsp3) is 0.222. The number of aryl methyl sites for hydroxylation is 1. The molecule has 0 radical (unpaired) electrons. The topological polar surface area (TPSA) is 94.1 Å². The summed E-state index contributed by atoms with van der Waals surface area (Å²) in [7, 11) is 2.87. The van der Waals surface area contributed by atoms with Crippen LogP contribution in [0.3, 0.4) is 0 Å². The molecule has 8 heteroatoms.